The predicted molar refractivity (Wildman–Crippen MR) is 56.1 cm³/mol. The van der Waals surface area contributed by atoms with Gasteiger partial charge in [0.15, 0.2) is 0 Å². The fourth-order valence-electron chi connectivity index (χ4n) is 1.96. The minimum Gasteiger partial charge on any atom is -0.465 e. The molecule has 1 saturated heterocycles. The molecule has 1 aliphatic rings. The summed E-state index contributed by atoms with van der Waals surface area (Å²) in [6, 6.07) is 0. The number of nitrogens with zero attached hydrogens (tertiary/aromatic N) is 1. The maximum absolute atomic E-state index is 11.0. The molecular formula is C11H21NO2. The summed E-state index contributed by atoms with van der Waals surface area (Å²) in [4.78, 5) is 13.4. The van der Waals surface area contributed by atoms with Gasteiger partial charge < -0.3 is 9.64 Å². The number of esters is 1. The first kappa shape index (κ1) is 11.5. The molecule has 0 aliphatic carbocycles. The summed E-state index contributed by atoms with van der Waals surface area (Å²) in [6.07, 6.45) is 1.68. The molecule has 0 radical (unpaired) electrons. The van der Waals surface area contributed by atoms with E-state index in [4.69, 9.17) is 4.74 Å². The monoisotopic (exact) mass is 199 g/mol. The van der Waals surface area contributed by atoms with Crippen LogP contribution in [0.5, 0.6) is 0 Å². The number of carbonyl (C=O) groups excluding carboxylic acids is 1. The van der Waals surface area contributed by atoms with E-state index in [1.165, 1.54) is 6.42 Å². The van der Waals surface area contributed by atoms with E-state index in [1.807, 2.05) is 6.92 Å². The van der Waals surface area contributed by atoms with Gasteiger partial charge in [0, 0.05) is 24.9 Å². The summed E-state index contributed by atoms with van der Waals surface area (Å²) in [5.41, 5.74) is 0.208. The molecule has 1 aliphatic heterocycles. The zero-order chi connectivity index (χ0) is 10.6. The highest BCUT2D eigenvalue weighted by atomic mass is 16.5. The Morgan fingerprint density at radius 1 is 1.43 bits per heavy atom. The van der Waals surface area contributed by atoms with Gasteiger partial charge in [0.2, 0.25) is 0 Å². The molecule has 0 saturated carbocycles. The van der Waals surface area contributed by atoms with Crippen LogP contribution in [0.2, 0.25) is 0 Å². The summed E-state index contributed by atoms with van der Waals surface area (Å²) < 4.78 is 5.16. The Labute approximate surface area is 86.4 Å². The van der Waals surface area contributed by atoms with Crippen molar-refractivity contribution in [1.82, 2.24) is 4.90 Å². The van der Waals surface area contributed by atoms with Gasteiger partial charge in [0.25, 0.3) is 0 Å². The van der Waals surface area contributed by atoms with Gasteiger partial charge in [-0.25, -0.2) is 0 Å². The Hall–Kier alpha value is -0.570. The maximum Gasteiger partial charge on any atom is 0.305 e. The third-order valence-electron chi connectivity index (χ3n) is 2.62. The average molecular weight is 199 g/mol. The molecule has 0 N–H and O–H groups in total. The van der Waals surface area contributed by atoms with Crippen LogP contribution in [0, 0.1) is 5.41 Å². The molecule has 1 fully saturated rings. The first-order chi connectivity index (χ1) is 6.59. The SMILES string of the molecule is CCCN1CC(C)(COC(=O)CC)C1. The van der Waals surface area contributed by atoms with Crippen LogP contribution >= 0.6 is 0 Å². The predicted octanol–water partition coefficient (Wildman–Crippen LogP) is 1.67. The van der Waals surface area contributed by atoms with E-state index in [9.17, 15) is 4.79 Å². The molecule has 0 spiro atoms. The van der Waals surface area contributed by atoms with E-state index in [2.05, 4.69) is 18.7 Å². The second-order valence-electron chi connectivity index (χ2n) is 4.54. The zero-order valence-corrected chi connectivity index (χ0v) is 9.51. The van der Waals surface area contributed by atoms with Crippen molar-refractivity contribution in [2.24, 2.45) is 5.41 Å². The van der Waals surface area contributed by atoms with Crippen molar-refractivity contribution in [3.05, 3.63) is 0 Å². The Morgan fingerprint density at radius 2 is 2.07 bits per heavy atom. The molecule has 82 valence electrons. The third-order valence-corrected chi connectivity index (χ3v) is 2.62. The summed E-state index contributed by atoms with van der Waals surface area (Å²) in [5.74, 6) is -0.0832. The molecule has 1 rings (SSSR count). The quantitative estimate of drug-likeness (QED) is 0.631. The van der Waals surface area contributed by atoms with Gasteiger partial charge in [0.05, 0.1) is 6.61 Å². The van der Waals surface area contributed by atoms with Crippen LogP contribution in [0.25, 0.3) is 0 Å². The van der Waals surface area contributed by atoms with E-state index in [0.717, 1.165) is 19.6 Å². The molecule has 3 nitrogen and oxygen atoms in total. The molecule has 3 heteroatoms. The van der Waals surface area contributed by atoms with Crippen molar-refractivity contribution in [3.63, 3.8) is 0 Å². The Balaban J connectivity index is 2.17. The summed E-state index contributed by atoms with van der Waals surface area (Å²) in [6.45, 7) is 10.1. The summed E-state index contributed by atoms with van der Waals surface area (Å²) in [7, 11) is 0. The van der Waals surface area contributed by atoms with Crippen LogP contribution in [0.1, 0.15) is 33.6 Å². The molecule has 14 heavy (non-hydrogen) atoms. The standard InChI is InChI=1S/C11H21NO2/c1-4-6-12-7-11(3,8-12)9-14-10(13)5-2/h4-9H2,1-3H3. The molecule has 0 aromatic heterocycles. The molecular weight excluding hydrogens is 178 g/mol. The molecule has 0 atom stereocenters. The third kappa shape index (κ3) is 2.98. The smallest absolute Gasteiger partial charge is 0.305 e. The second-order valence-corrected chi connectivity index (χ2v) is 4.54. The molecule has 0 aromatic carbocycles. The second kappa shape index (κ2) is 4.78. The summed E-state index contributed by atoms with van der Waals surface area (Å²) >= 11 is 0. The van der Waals surface area contributed by atoms with Gasteiger partial charge in [-0.15, -0.1) is 0 Å². The minimum atomic E-state index is -0.0832. The van der Waals surface area contributed by atoms with E-state index in [1.54, 1.807) is 0 Å². The minimum absolute atomic E-state index is 0.0832. The molecule has 0 unspecified atom stereocenters. The lowest BCUT2D eigenvalue weighted by Crippen LogP contribution is -2.57. The molecule has 1 heterocycles. The Morgan fingerprint density at radius 3 is 2.57 bits per heavy atom. The van der Waals surface area contributed by atoms with Gasteiger partial charge in [0.1, 0.15) is 0 Å². The van der Waals surface area contributed by atoms with Crippen molar-refractivity contribution < 1.29 is 9.53 Å². The normalized spacial score (nSPS) is 20.2. The van der Waals surface area contributed by atoms with E-state index in [-0.39, 0.29) is 11.4 Å². The lowest BCUT2D eigenvalue weighted by atomic mass is 9.83. The fourth-order valence-corrected chi connectivity index (χ4v) is 1.96. The Kier molecular flexibility index (Phi) is 3.93. The average Bonchev–Trinajstić information content (AvgIpc) is 2.12. The highest BCUT2D eigenvalue weighted by Gasteiger charge is 2.38. The van der Waals surface area contributed by atoms with Crippen LogP contribution in [-0.4, -0.2) is 37.1 Å². The van der Waals surface area contributed by atoms with Gasteiger partial charge >= 0.3 is 5.97 Å². The van der Waals surface area contributed by atoms with Crippen molar-refractivity contribution >= 4 is 5.97 Å². The van der Waals surface area contributed by atoms with E-state index < -0.39 is 0 Å². The number of rotatable bonds is 5. The van der Waals surface area contributed by atoms with E-state index in [0.29, 0.717) is 13.0 Å². The van der Waals surface area contributed by atoms with Crippen molar-refractivity contribution in [2.75, 3.05) is 26.2 Å². The van der Waals surface area contributed by atoms with Gasteiger partial charge in [-0.2, -0.15) is 0 Å². The first-order valence-electron chi connectivity index (χ1n) is 5.47. The lowest BCUT2D eigenvalue weighted by molar-refractivity contribution is -0.151. The first-order valence-corrected chi connectivity index (χ1v) is 5.47. The van der Waals surface area contributed by atoms with Gasteiger partial charge in [-0.1, -0.05) is 20.8 Å². The fraction of sp³-hybridized carbons (Fsp3) is 0.909. The lowest BCUT2D eigenvalue weighted by Gasteiger charge is -2.47. The summed E-state index contributed by atoms with van der Waals surface area (Å²) in [5, 5.41) is 0. The molecule has 0 bridgehead atoms. The highest BCUT2D eigenvalue weighted by molar-refractivity contribution is 5.68. The van der Waals surface area contributed by atoms with Crippen LogP contribution in [0.3, 0.4) is 0 Å². The van der Waals surface area contributed by atoms with Crippen molar-refractivity contribution in [3.8, 4) is 0 Å². The van der Waals surface area contributed by atoms with Crippen LogP contribution < -0.4 is 0 Å². The number of hydrogen-bond acceptors (Lipinski definition) is 3. The Bertz CT molecular complexity index is 197. The number of hydrogen-bond donors (Lipinski definition) is 0. The van der Waals surface area contributed by atoms with Gasteiger partial charge in [-0.05, 0) is 13.0 Å². The van der Waals surface area contributed by atoms with Gasteiger partial charge in [-0.3, -0.25) is 4.79 Å². The number of carbonyl (C=O) groups is 1. The topological polar surface area (TPSA) is 29.5 Å². The van der Waals surface area contributed by atoms with Crippen LogP contribution in [-0.2, 0) is 9.53 Å². The maximum atomic E-state index is 11.0. The zero-order valence-electron chi connectivity index (χ0n) is 9.51. The molecule has 0 amide bonds. The highest BCUT2D eigenvalue weighted by Crippen LogP contribution is 2.29. The number of ether oxygens (including phenoxy) is 1. The number of likely N-dealkylation sites (tertiary alicyclic amines) is 1. The van der Waals surface area contributed by atoms with Crippen LogP contribution in [0.4, 0.5) is 0 Å². The van der Waals surface area contributed by atoms with E-state index >= 15 is 0 Å². The molecule has 0 aromatic rings. The van der Waals surface area contributed by atoms with Crippen LogP contribution in [0.15, 0.2) is 0 Å². The largest absolute Gasteiger partial charge is 0.465 e. The van der Waals surface area contributed by atoms with Crippen molar-refractivity contribution in [1.29, 1.82) is 0 Å². The van der Waals surface area contributed by atoms with Crippen molar-refractivity contribution in [2.45, 2.75) is 33.6 Å².